The van der Waals surface area contributed by atoms with Gasteiger partial charge in [0.1, 0.15) is 12.2 Å². The highest BCUT2D eigenvalue weighted by atomic mass is 16.7. The molecule has 2 aromatic carbocycles. The first-order valence-electron chi connectivity index (χ1n) is 10.9. The van der Waals surface area contributed by atoms with Crippen LogP contribution in [0.2, 0.25) is 0 Å². The number of carbonyl (C=O) groups excluding carboxylic acids is 1. The van der Waals surface area contributed by atoms with E-state index in [0.29, 0.717) is 11.4 Å². The van der Waals surface area contributed by atoms with Gasteiger partial charge in [-0.2, -0.15) is 0 Å². The quantitative estimate of drug-likeness (QED) is 0.333. The van der Waals surface area contributed by atoms with Gasteiger partial charge >= 0.3 is 5.97 Å². The fourth-order valence-corrected chi connectivity index (χ4v) is 5.47. The van der Waals surface area contributed by atoms with Crippen molar-refractivity contribution in [1.29, 1.82) is 0 Å². The van der Waals surface area contributed by atoms with Crippen LogP contribution in [0.15, 0.2) is 54.1 Å². The van der Waals surface area contributed by atoms with Gasteiger partial charge in [0.15, 0.2) is 11.5 Å². The Morgan fingerprint density at radius 2 is 2.03 bits per heavy atom. The average molecular weight is 432 g/mol. The Kier molecular flexibility index (Phi) is 4.48. The van der Waals surface area contributed by atoms with Crippen LogP contribution < -0.4 is 15.2 Å². The molecular formula is C25H24N2O5. The number of rotatable bonds is 3. The first kappa shape index (κ1) is 19.4. The van der Waals surface area contributed by atoms with Crippen LogP contribution in [-0.2, 0) is 16.1 Å². The number of anilines is 1. The Morgan fingerprint density at radius 3 is 2.88 bits per heavy atom. The summed E-state index contributed by atoms with van der Waals surface area (Å²) in [5.74, 6) is 0.757. The molecule has 0 radical (unpaired) electrons. The summed E-state index contributed by atoms with van der Waals surface area (Å²) in [6.45, 7) is 1.92. The normalized spacial score (nSPS) is 27.7. The fourth-order valence-electron chi connectivity index (χ4n) is 5.47. The lowest BCUT2D eigenvalue weighted by molar-refractivity contribution is -0.150. The Bertz CT molecular complexity index is 1160. The number of hydrogen-bond acceptors (Lipinski definition) is 7. The highest BCUT2D eigenvalue weighted by Crippen LogP contribution is 2.50. The summed E-state index contributed by atoms with van der Waals surface area (Å²) in [6, 6.07) is 11.4. The average Bonchev–Trinajstić information content (AvgIpc) is 3.40. The number of esters is 1. The van der Waals surface area contributed by atoms with Crippen LogP contribution in [0.4, 0.5) is 5.69 Å². The van der Waals surface area contributed by atoms with Crippen molar-refractivity contribution in [1.82, 2.24) is 4.90 Å². The van der Waals surface area contributed by atoms with Gasteiger partial charge in [0, 0.05) is 36.8 Å². The summed E-state index contributed by atoms with van der Waals surface area (Å²) < 4.78 is 17.1. The molecule has 32 heavy (non-hydrogen) atoms. The molecule has 7 heteroatoms. The molecule has 1 saturated heterocycles. The van der Waals surface area contributed by atoms with Crippen molar-refractivity contribution >= 4 is 17.7 Å². The Labute approximate surface area is 185 Å². The van der Waals surface area contributed by atoms with Crippen LogP contribution in [-0.4, -0.2) is 47.6 Å². The monoisotopic (exact) mass is 432 g/mol. The molecule has 2 aromatic rings. The third kappa shape index (κ3) is 3.08. The van der Waals surface area contributed by atoms with Crippen LogP contribution in [0.25, 0.3) is 6.08 Å². The third-order valence-electron chi connectivity index (χ3n) is 6.89. The zero-order valence-electron chi connectivity index (χ0n) is 17.4. The summed E-state index contributed by atoms with van der Waals surface area (Å²) >= 11 is 0. The molecule has 0 spiro atoms. The predicted octanol–water partition coefficient (Wildman–Crippen LogP) is 2.60. The number of aliphatic hydroxyl groups is 1. The number of aliphatic hydroxyl groups excluding tert-OH is 1. The molecule has 3 aliphatic heterocycles. The molecule has 3 unspecified atom stereocenters. The third-order valence-corrected chi connectivity index (χ3v) is 6.89. The van der Waals surface area contributed by atoms with E-state index in [0.717, 1.165) is 42.0 Å². The minimum Gasteiger partial charge on any atom is -0.455 e. The molecule has 0 bridgehead atoms. The van der Waals surface area contributed by atoms with E-state index < -0.39 is 18.2 Å². The molecule has 4 aliphatic rings. The van der Waals surface area contributed by atoms with Crippen LogP contribution in [0.1, 0.15) is 29.0 Å². The highest BCUT2D eigenvalue weighted by Gasteiger charge is 2.50. The standard InChI is InChI=1S/C25H24N2O5/c26-18-4-2-1-3-14(18)5-6-22(29)32-25-19(28)9-15-7-8-27-12-16-10-20-21(31-13-30-20)11-17(16)23(25)24(15)27/h1-6,9-11,19,23-25,28H,7-8,12-13,26H2/b6-5+/t19?,23?,24?,25-/m1/s1. The molecule has 7 nitrogen and oxygen atoms in total. The van der Waals surface area contributed by atoms with Gasteiger partial charge in [0.25, 0.3) is 0 Å². The van der Waals surface area contributed by atoms with E-state index in [4.69, 9.17) is 19.9 Å². The number of nitrogens with two attached hydrogens (primary N) is 1. The molecule has 0 aromatic heterocycles. The molecule has 4 atom stereocenters. The molecule has 1 aliphatic carbocycles. The molecule has 3 heterocycles. The lowest BCUT2D eigenvalue weighted by atomic mass is 9.73. The number of hydrogen-bond donors (Lipinski definition) is 2. The highest BCUT2D eigenvalue weighted by molar-refractivity contribution is 5.88. The van der Waals surface area contributed by atoms with Gasteiger partial charge in [-0.1, -0.05) is 29.8 Å². The van der Waals surface area contributed by atoms with Crippen molar-refractivity contribution in [2.75, 3.05) is 19.1 Å². The Hall–Kier alpha value is -3.29. The van der Waals surface area contributed by atoms with Crippen LogP contribution >= 0.6 is 0 Å². The summed E-state index contributed by atoms with van der Waals surface area (Å²) in [5, 5.41) is 11.0. The van der Waals surface area contributed by atoms with Gasteiger partial charge in [0.2, 0.25) is 6.79 Å². The number of nitrogen functional groups attached to an aromatic ring is 1. The number of fused-ring (bicyclic) bond motifs is 3. The maximum atomic E-state index is 12.8. The molecular weight excluding hydrogens is 408 g/mol. The van der Waals surface area contributed by atoms with Gasteiger partial charge in [-0.15, -0.1) is 0 Å². The van der Waals surface area contributed by atoms with Crippen molar-refractivity contribution in [3.05, 3.63) is 70.8 Å². The van der Waals surface area contributed by atoms with Crippen LogP contribution in [0, 0.1) is 0 Å². The summed E-state index contributed by atoms with van der Waals surface area (Å²) in [5.41, 5.74) is 10.7. The second-order valence-corrected chi connectivity index (χ2v) is 8.69. The largest absolute Gasteiger partial charge is 0.455 e. The van der Waals surface area contributed by atoms with Gasteiger partial charge in [0.05, 0.1) is 0 Å². The second kappa shape index (κ2) is 7.39. The Balaban J connectivity index is 1.34. The predicted molar refractivity (Wildman–Crippen MR) is 118 cm³/mol. The maximum absolute atomic E-state index is 12.8. The Morgan fingerprint density at radius 1 is 1.22 bits per heavy atom. The number of ether oxygens (including phenoxy) is 3. The molecule has 1 fully saturated rings. The second-order valence-electron chi connectivity index (χ2n) is 8.69. The lowest BCUT2D eigenvalue weighted by Gasteiger charge is -2.45. The lowest BCUT2D eigenvalue weighted by Crippen LogP contribution is -2.51. The summed E-state index contributed by atoms with van der Waals surface area (Å²) in [6.07, 6.45) is 4.22. The zero-order valence-corrected chi connectivity index (χ0v) is 17.4. The SMILES string of the molecule is Nc1ccccc1/C=C/C(=O)O[C@@H]1C(O)C=C2CCN3Cc4cc5c(cc4C1C23)OCO5. The van der Waals surface area contributed by atoms with Gasteiger partial charge < -0.3 is 25.1 Å². The van der Waals surface area contributed by atoms with E-state index in [1.54, 1.807) is 12.1 Å². The number of carbonyl (C=O) groups is 1. The van der Waals surface area contributed by atoms with Crippen molar-refractivity contribution < 1.29 is 24.1 Å². The number of nitrogens with zero attached hydrogens (tertiary/aromatic N) is 1. The van der Waals surface area contributed by atoms with E-state index in [-0.39, 0.29) is 18.8 Å². The molecule has 164 valence electrons. The molecule has 0 saturated carbocycles. The van der Waals surface area contributed by atoms with Crippen molar-refractivity contribution in [3.63, 3.8) is 0 Å². The first-order chi connectivity index (χ1) is 15.6. The van der Waals surface area contributed by atoms with E-state index >= 15 is 0 Å². The van der Waals surface area contributed by atoms with E-state index in [9.17, 15) is 9.90 Å². The van der Waals surface area contributed by atoms with E-state index in [1.807, 2.05) is 36.4 Å². The van der Waals surface area contributed by atoms with Crippen LogP contribution in [0.3, 0.4) is 0 Å². The van der Waals surface area contributed by atoms with Gasteiger partial charge in [-0.25, -0.2) is 4.79 Å². The summed E-state index contributed by atoms with van der Waals surface area (Å²) in [7, 11) is 0. The number of benzene rings is 2. The topological polar surface area (TPSA) is 94.3 Å². The first-order valence-corrected chi connectivity index (χ1v) is 10.9. The van der Waals surface area contributed by atoms with Gasteiger partial charge in [-0.05, 0) is 47.4 Å². The fraction of sp³-hybridized carbons (Fsp3) is 0.320. The summed E-state index contributed by atoms with van der Waals surface area (Å²) in [4.78, 5) is 15.2. The van der Waals surface area contributed by atoms with Crippen molar-refractivity contribution in [3.8, 4) is 11.5 Å². The number of para-hydroxylation sites is 1. The van der Waals surface area contributed by atoms with E-state index in [2.05, 4.69) is 4.90 Å². The zero-order chi connectivity index (χ0) is 21.8. The van der Waals surface area contributed by atoms with Crippen LogP contribution in [0.5, 0.6) is 11.5 Å². The van der Waals surface area contributed by atoms with E-state index in [1.165, 1.54) is 11.6 Å². The molecule has 6 rings (SSSR count). The minimum absolute atomic E-state index is 0.109. The smallest absolute Gasteiger partial charge is 0.331 e. The molecule has 3 N–H and O–H groups in total. The maximum Gasteiger partial charge on any atom is 0.331 e. The van der Waals surface area contributed by atoms with Gasteiger partial charge in [-0.3, -0.25) is 4.90 Å². The minimum atomic E-state index is -0.873. The molecule has 0 amide bonds. The van der Waals surface area contributed by atoms with Crippen molar-refractivity contribution in [2.24, 2.45) is 0 Å². The van der Waals surface area contributed by atoms with Crippen molar-refractivity contribution in [2.45, 2.75) is 37.1 Å².